The Hall–Kier alpha value is -2.33. The molecular formula is C18H18Cl2N2O6S. The summed E-state index contributed by atoms with van der Waals surface area (Å²) in [7, 11) is -3.92. The largest absolute Gasteiger partial charge is 0.494 e. The van der Waals surface area contributed by atoms with E-state index >= 15 is 0 Å². The van der Waals surface area contributed by atoms with Gasteiger partial charge in [0, 0.05) is 0 Å². The number of ether oxygens (including phenoxy) is 2. The fourth-order valence-corrected chi connectivity index (χ4v) is 3.42. The van der Waals surface area contributed by atoms with Gasteiger partial charge in [-0.15, -0.1) is 0 Å². The number of hydrogen-bond donors (Lipinski definition) is 2. The fraction of sp³-hybridized carbons (Fsp3) is 0.222. The van der Waals surface area contributed by atoms with Gasteiger partial charge in [-0.25, -0.2) is 8.42 Å². The molecule has 0 aliphatic carbocycles. The molecule has 0 spiro atoms. The maximum atomic E-state index is 12.2. The molecule has 8 nitrogen and oxygen atoms in total. The van der Waals surface area contributed by atoms with E-state index in [-0.39, 0.29) is 20.6 Å². The zero-order chi connectivity index (χ0) is 21.4. The second-order valence-electron chi connectivity index (χ2n) is 5.54. The lowest BCUT2D eigenvalue weighted by atomic mass is 10.3. The molecule has 1 amide bonds. The van der Waals surface area contributed by atoms with Crippen molar-refractivity contribution in [3.8, 4) is 5.75 Å². The van der Waals surface area contributed by atoms with Crippen LogP contribution in [0.3, 0.4) is 0 Å². The summed E-state index contributed by atoms with van der Waals surface area (Å²) in [5, 5.41) is 2.84. The van der Waals surface area contributed by atoms with E-state index in [1.54, 1.807) is 12.1 Å². The predicted molar refractivity (Wildman–Crippen MR) is 109 cm³/mol. The molecule has 0 radical (unpaired) electrons. The first-order valence-electron chi connectivity index (χ1n) is 8.35. The van der Waals surface area contributed by atoms with E-state index in [4.69, 9.17) is 32.7 Å². The smallest absolute Gasteiger partial charge is 0.321 e. The van der Waals surface area contributed by atoms with Crippen molar-refractivity contribution in [1.29, 1.82) is 0 Å². The SMILES string of the molecule is CCOc1ccc(S(=O)(=O)NCC(=O)OCC(=O)Nc2cccc(Cl)c2Cl)cc1. The molecule has 0 saturated carbocycles. The first-order chi connectivity index (χ1) is 13.7. The average molecular weight is 461 g/mol. The highest BCUT2D eigenvalue weighted by atomic mass is 35.5. The summed E-state index contributed by atoms with van der Waals surface area (Å²) in [5.41, 5.74) is 0.261. The van der Waals surface area contributed by atoms with Crippen molar-refractivity contribution >= 4 is 50.8 Å². The molecule has 2 N–H and O–H groups in total. The number of sulfonamides is 1. The molecule has 0 aliphatic rings. The lowest BCUT2D eigenvalue weighted by Crippen LogP contribution is -2.32. The van der Waals surface area contributed by atoms with E-state index in [1.165, 1.54) is 30.3 Å². The van der Waals surface area contributed by atoms with Gasteiger partial charge in [-0.05, 0) is 43.3 Å². The average Bonchev–Trinajstić information content (AvgIpc) is 2.69. The molecule has 0 atom stereocenters. The maximum Gasteiger partial charge on any atom is 0.321 e. The van der Waals surface area contributed by atoms with Gasteiger partial charge in [-0.1, -0.05) is 29.3 Å². The second kappa shape index (κ2) is 10.4. The van der Waals surface area contributed by atoms with Crippen molar-refractivity contribution in [3.05, 3.63) is 52.5 Å². The Kier molecular flexibility index (Phi) is 8.27. The Morgan fingerprint density at radius 2 is 1.76 bits per heavy atom. The quantitative estimate of drug-likeness (QED) is 0.556. The van der Waals surface area contributed by atoms with Crippen LogP contribution in [-0.2, 0) is 24.3 Å². The highest BCUT2D eigenvalue weighted by Gasteiger charge is 2.17. The van der Waals surface area contributed by atoms with Crippen LogP contribution >= 0.6 is 23.2 Å². The Morgan fingerprint density at radius 1 is 1.07 bits per heavy atom. The van der Waals surface area contributed by atoms with Gasteiger partial charge in [0.1, 0.15) is 12.3 Å². The molecule has 0 fully saturated rings. The van der Waals surface area contributed by atoms with Gasteiger partial charge >= 0.3 is 5.97 Å². The van der Waals surface area contributed by atoms with Crippen molar-refractivity contribution in [2.45, 2.75) is 11.8 Å². The Bertz CT molecular complexity index is 980. The highest BCUT2D eigenvalue weighted by molar-refractivity contribution is 7.89. The van der Waals surface area contributed by atoms with Gasteiger partial charge in [0.25, 0.3) is 5.91 Å². The van der Waals surface area contributed by atoms with E-state index in [2.05, 4.69) is 10.0 Å². The van der Waals surface area contributed by atoms with Crippen LogP contribution in [0.4, 0.5) is 5.69 Å². The predicted octanol–water partition coefficient (Wildman–Crippen LogP) is 2.85. The van der Waals surface area contributed by atoms with Gasteiger partial charge in [0.05, 0.1) is 27.2 Å². The zero-order valence-electron chi connectivity index (χ0n) is 15.3. The lowest BCUT2D eigenvalue weighted by Gasteiger charge is -2.10. The van der Waals surface area contributed by atoms with Gasteiger partial charge in [0.2, 0.25) is 10.0 Å². The van der Waals surface area contributed by atoms with Crippen LogP contribution in [0.25, 0.3) is 0 Å². The van der Waals surface area contributed by atoms with Crippen LogP contribution in [0.15, 0.2) is 47.4 Å². The Morgan fingerprint density at radius 3 is 2.41 bits per heavy atom. The minimum atomic E-state index is -3.92. The van der Waals surface area contributed by atoms with Crippen LogP contribution in [-0.4, -0.2) is 40.1 Å². The summed E-state index contributed by atoms with van der Waals surface area (Å²) in [6.07, 6.45) is 0. The van der Waals surface area contributed by atoms with Crippen molar-refractivity contribution in [2.24, 2.45) is 0 Å². The number of rotatable bonds is 9. The van der Waals surface area contributed by atoms with E-state index < -0.39 is 35.1 Å². The normalized spacial score (nSPS) is 11.0. The minimum Gasteiger partial charge on any atom is -0.494 e. The first-order valence-corrected chi connectivity index (χ1v) is 10.6. The van der Waals surface area contributed by atoms with E-state index in [0.29, 0.717) is 12.4 Å². The van der Waals surface area contributed by atoms with Crippen molar-refractivity contribution in [3.63, 3.8) is 0 Å². The molecule has 0 unspecified atom stereocenters. The molecule has 2 aromatic rings. The van der Waals surface area contributed by atoms with Crippen LogP contribution in [0.2, 0.25) is 10.0 Å². The van der Waals surface area contributed by atoms with E-state index in [9.17, 15) is 18.0 Å². The van der Waals surface area contributed by atoms with Crippen LogP contribution < -0.4 is 14.8 Å². The Balaban J connectivity index is 1.82. The van der Waals surface area contributed by atoms with Crippen LogP contribution in [0.1, 0.15) is 6.92 Å². The summed E-state index contributed by atoms with van der Waals surface area (Å²) < 4.78 is 36.5. The summed E-state index contributed by atoms with van der Waals surface area (Å²) in [6.45, 7) is 1.00. The third kappa shape index (κ3) is 6.90. The number of benzene rings is 2. The van der Waals surface area contributed by atoms with Gasteiger partial charge < -0.3 is 14.8 Å². The highest BCUT2D eigenvalue weighted by Crippen LogP contribution is 2.29. The molecule has 11 heteroatoms. The van der Waals surface area contributed by atoms with Gasteiger partial charge in [0.15, 0.2) is 6.61 Å². The number of anilines is 1. The molecule has 2 aromatic carbocycles. The minimum absolute atomic E-state index is 0.0397. The summed E-state index contributed by atoms with van der Waals surface area (Å²) in [6, 6.07) is 10.4. The Labute approximate surface area is 178 Å². The maximum absolute atomic E-state index is 12.2. The summed E-state index contributed by atoms with van der Waals surface area (Å²) in [4.78, 5) is 23.5. The van der Waals surface area contributed by atoms with Crippen molar-refractivity contribution in [2.75, 3.05) is 25.1 Å². The van der Waals surface area contributed by atoms with Gasteiger partial charge in [-0.2, -0.15) is 4.72 Å². The van der Waals surface area contributed by atoms with E-state index in [0.717, 1.165) is 0 Å². The standard InChI is InChI=1S/C18H18Cl2N2O6S/c1-2-27-12-6-8-13(9-7-12)29(25,26)21-10-17(24)28-11-16(23)22-15-5-3-4-14(19)18(15)20/h3-9,21H,2,10-11H2,1H3,(H,22,23). The topological polar surface area (TPSA) is 111 Å². The van der Waals surface area contributed by atoms with Crippen molar-refractivity contribution < 1.29 is 27.5 Å². The molecule has 29 heavy (non-hydrogen) atoms. The molecule has 0 saturated heterocycles. The molecule has 0 heterocycles. The van der Waals surface area contributed by atoms with Crippen molar-refractivity contribution in [1.82, 2.24) is 4.72 Å². The molecule has 2 rings (SSSR count). The number of hydrogen-bond acceptors (Lipinski definition) is 6. The number of amides is 1. The monoisotopic (exact) mass is 460 g/mol. The number of halogens is 2. The summed E-state index contributed by atoms with van der Waals surface area (Å²) >= 11 is 11.8. The first kappa shape index (κ1) is 23.0. The third-order valence-electron chi connectivity index (χ3n) is 3.44. The lowest BCUT2D eigenvalue weighted by molar-refractivity contribution is -0.146. The fourth-order valence-electron chi connectivity index (χ4n) is 2.10. The zero-order valence-corrected chi connectivity index (χ0v) is 17.6. The summed E-state index contributed by atoms with van der Waals surface area (Å²) in [5.74, 6) is -1.06. The van der Waals surface area contributed by atoms with Crippen LogP contribution in [0.5, 0.6) is 5.75 Å². The number of esters is 1. The van der Waals surface area contributed by atoms with Gasteiger partial charge in [-0.3, -0.25) is 9.59 Å². The molecule has 0 aliphatic heterocycles. The molecule has 156 valence electrons. The number of nitrogens with one attached hydrogen (secondary N) is 2. The third-order valence-corrected chi connectivity index (χ3v) is 5.68. The molecular weight excluding hydrogens is 443 g/mol. The number of carbonyl (C=O) groups is 2. The number of carbonyl (C=O) groups excluding carboxylic acids is 2. The molecule has 0 aromatic heterocycles. The van der Waals surface area contributed by atoms with E-state index in [1.807, 2.05) is 6.92 Å². The molecule has 0 bridgehead atoms. The van der Waals surface area contributed by atoms with Crippen LogP contribution in [0, 0.1) is 0 Å². The second-order valence-corrected chi connectivity index (χ2v) is 8.09.